The number of unbranched alkanes of at least 4 members (excludes halogenated alkanes) is 1. The number of hydrogen-bond donors (Lipinski definition) is 2. The quantitative estimate of drug-likeness (QED) is 0.244. The van der Waals surface area contributed by atoms with Gasteiger partial charge in [0.25, 0.3) is 0 Å². The van der Waals surface area contributed by atoms with Crippen LogP contribution in [-0.4, -0.2) is 53.0 Å². The van der Waals surface area contributed by atoms with Gasteiger partial charge in [-0.25, -0.2) is 0 Å². The first kappa shape index (κ1) is 23.7. The van der Waals surface area contributed by atoms with E-state index >= 15 is 0 Å². The van der Waals surface area contributed by atoms with Crippen molar-refractivity contribution in [3.05, 3.63) is 0 Å². The predicted octanol–water partition coefficient (Wildman–Crippen LogP) is 4.14. The van der Waals surface area contributed by atoms with Crippen molar-refractivity contribution in [2.75, 3.05) is 25.4 Å². The van der Waals surface area contributed by atoms with Gasteiger partial charge in [-0.2, -0.15) is 0 Å². The number of rotatable bonds is 10. The van der Waals surface area contributed by atoms with Gasteiger partial charge in [0.2, 0.25) is 0 Å². The zero-order chi connectivity index (χ0) is 20.0. The third kappa shape index (κ3) is 9.25. The average molecular weight is 414 g/mol. The first-order valence-electron chi connectivity index (χ1n) is 11.8. The monoisotopic (exact) mass is 413 g/mol. The average Bonchev–Trinajstić information content (AvgIpc) is 2.99. The van der Waals surface area contributed by atoms with E-state index in [1.54, 1.807) is 0 Å². The Bertz CT molecular complexity index is 465. The lowest BCUT2D eigenvalue weighted by Gasteiger charge is -2.30. The molecule has 2 fully saturated rings. The maximum absolute atomic E-state index is 12.2. The molecule has 0 spiro atoms. The molecule has 0 amide bonds. The molecule has 2 saturated carbocycles. The second-order valence-corrected chi connectivity index (χ2v) is 10.3. The topological polar surface area (TPSA) is 62.7 Å². The largest absolute Gasteiger partial charge is 0.378 e. The summed E-state index contributed by atoms with van der Waals surface area (Å²) in [4.78, 5) is 4.76. The summed E-state index contributed by atoms with van der Waals surface area (Å²) in [5.74, 6) is 1.69. The molecule has 6 heteroatoms. The Morgan fingerprint density at radius 1 is 1.04 bits per heavy atom. The minimum Gasteiger partial charge on any atom is -0.378 e. The molecule has 0 bridgehead atoms. The highest BCUT2D eigenvalue weighted by Gasteiger charge is 2.26. The van der Waals surface area contributed by atoms with Gasteiger partial charge in [-0.3, -0.25) is 9.20 Å². The highest BCUT2D eigenvalue weighted by atomic mass is 32.2. The van der Waals surface area contributed by atoms with Crippen LogP contribution in [0.2, 0.25) is 0 Å². The summed E-state index contributed by atoms with van der Waals surface area (Å²) in [6.45, 7) is 6.71. The molecule has 5 nitrogen and oxygen atoms in total. The molecule has 2 aliphatic carbocycles. The number of ether oxygens (including phenoxy) is 1. The molecule has 2 rings (SSSR count). The van der Waals surface area contributed by atoms with E-state index in [0.29, 0.717) is 17.4 Å². The molecule has 2 aliphatic rings. The van der Waals surface area contributed by atoms with Crippen molar-refractivity contribution in [2.45, 2.75) is 108 Å². The molecule has 164 valence electrons. The van der Waals surface area contributed by atoms with Gasteiger partial charge in [-0.1, -0.05) is 39.0 Å². The SMILES string of the molecule is CCNC(=NCCCCOC1CCCCCC1)NC1CCCC(S(=O)CC)C1. The van der Waals surface area contributed by atoms with E-state index in [-0.39, 0.29) is 0 Å². The van der Waals surface area contributed by atoms with Gasteiger partial charge in [0.15, 0.2) is 5.96 Å². The summed E-state index contributed by atoms with van der Waals surface area (Å²) >= 11 is 0. The Morgan fingerprint density at radius 3 is 2.54 bits per heavy atom. The third-order valence-corrected chi connectivity index (χ3v) is 7.69. The van der Waals surface area contributed by atoms with Crippen molar-refractivity contribution in [1.29, 1.82) is 0 Å². The molecule has 28 heavy (non-hydrogen) atoms. The fraction of sp³-hybridized carbons (Fsp3) is 0.955. The molecule has 0 saturated heterocycles. The summed E-state index contributed by atoms with van der Waals surface area (Å²) < 4.78 is 18.2. The highest BCUT2D eigenvalue weighted by molar-refractivity contribution is 7.85. The Hall–Kier alpha value is -0.620. The van der Waals surface area contributed by atoms with E-state index in [2.05, 4.69) is 17.6 Å². The molecule has 0 aromatic rings. The van der Waals surface area contributed by atoms with Crippen LogP contribution in [0, 0.1) is 0 Å². The molecule has 2 N–H and O–H groups in total. The van der Waals surface area contributed by atoms with Crippen molar-refractivity contribution in [1.82, 2.24) is 10.6 Å². The van der Waals surface area contributed by atoms with E-state index in [0.717, 1.165) is 69.9 Å². The minimum absolute atomic E-state index is 0.347. The highest BCUT2D eigenvalue weighted by Crippen LogP contribution is 2.23. The van der Waals surface area contributed by atoms with Crippen LogP contribution in [0.25, 0.3) is 0 Å². The van der Waals surface area contributed by atoms with Crippen LogP contribution in [0.1, 0.15) is 90.9 Å². The van der Waals surface area contributed by atoms with Gasteiger partial charge < -0.3 is 15.4 Å². The summed E-state index contributed by atoms with van der Waals surface area (Å²) in [6.07, 6.45) is 15.0. The normalized spacial score (nSPS) is 25.9. The van der Waals surface area contributed by atoms with Crippen molar-refractivity contribution in [2.24, 2.45) is 4.99 Å². The number of nitrogens with zero attached hydrogens (tertiary/aromatic N) is 1. The van der Waals surface area contributed by atoms with Crippen LogP contribution >= 0.6 is 0 Å². The number of guanidine groups is 1. The van der Waals surface area contributed by atoms with Crippen molar-refractivity contribution >= 4 is 16.8 Å². The van der Waals surface area contributed by atoms with Crippen molar-refractivity contribution < 1.29 is 8.95 Å². The molecule has 0 radical (unpaired) electrons. The Balaban J connectivity index is 1.66. The summed E-state index contributed by atoms with van der Waals surface area (Å²) in [6, 6.07) is 0.394. The van der Waals surface area contributed by atoms with Crippen LogP contribution in [0.4, 0.5) is 0 Å². The minimum atomic E-state index is -0.680. The molecule has 3 atom stereocenters. The second kappa shape index (κ2) is 14.4. The van der Waals surface area contributed by atoms with Gasteiger partial charge >= 0.3 is 0 Å². The maximum Gasteiger partial charge on any atom is 0.191 e. The van der Waals surface area contributed by atoms with Gasteiger partial charge in [0, 0.05) is 47.5 Å². The van der Waals surface area contributed by atoms with E-state index in [4.69, 9.17) is 9.73 Å². The van der Waals surface area contributed by atoms with Gasteiger partial charge in [-0.15, -0.1) is 0 Å². The van der Waals surface area contributed by atoms with Crippen LogP contribution in [-0.2, 0) is 15.5 Å². The lowest BCUT2D eigenvalue weighted by Crippen LogP contribution is -2.46. The summed E-state index contributed by atoms with van der Waals surface area (Å²) in [7, 11) is -0.680. The first-order valence-corrected chi connectivity index (χ1v) is 13.1. The standard InChI is InChI=1S/C22H43N3O2S/c1-3-23-22(25-19-12-11-15-21(18-19)28(26)4-2)24-16-9-10-17-27-20-13-7-5-6-8-14-20/h19-21H,3-18H2,1-2H3,(H2,23,24,25). The van der Waals surface area contributed by atoms with Crippen molar-refractivity contribution in [3.8, 4) is 0 Å². The Kier molecular flexibility index (Phi) is 12.1. The molecule has 3 unspecified atom stereocenters. The van der Waals surface area contributed by atoms with E-state index in [1.165, 1.54) is 38.5 Å². The lowest BCUT2D eigenvalue weighted by atomic mass is 9.95. The smallest absolute Gasteiger partial charge is 0.191 e. The predicted molar refractivity (Wildman–Crippen MR) is 121 cm³/mol. The van der Waals surface area contributed by atoms with E-state index in [1.807, 2.05) is 6.92 Å². The second-order valence-electron chi connectivity index (χ2n) is 8.25. The van der Waals surface area contributed by atoms with Gasteiger partial charge in [-0.05, 0) is 51.9 Å². The van der Waals surface area contributed by atoms with E-state index in [9.17, 15) is 4.21 Å². The molecular weight excluding hydrogens is 370 g/mol. The van der Waals surface area contributed by atoms with Crippen LogP contribution in [0.5, 0.6) is 0 Å². The molecule has 0 aliphatic heterocycles. The molecule has 0 heterocycles. The summed E-state index contributed by atoms with van der Waals surface area (Å²) in [5.41, 5.74) is 0. The molecular formula is C22H43N3O2S. The van der Waals surface area contributed by atoms with E-state index < -0.39 is 10.8 Å². The van der Waals surface area contributed by atoms with Crippen LogP contribution in [0.15, 0.2) is 4.99 Å². The molecule has 0 aromatic heterocycles. The Labute approximate surface area is 175 Å². The zero-order valence-electron chi connectivity index (χ0n) is 18.2. The van der Waals surface area contributed by atoms with Gasteiger partial charge in [0.05, 0.1) is 6.10 Å². The zero-order valence-corrected chi connectivity index (χ0v) is 19.0. The molecule has 0 aromatic carbocycles. The lowest BCUT2D eigenvalue weighted by molar-refractivity contribution is 0.0413. The van der Waals surface area contributed by atoms with Crippen LogP contribution < -0.4 is 10.6 Å². The number of hydrogen-bond acceptors (Lipinski definition) is 3. The summed E-state index contributed by atoms with van der Waals surface area (Å²) in [5, 5.41) is 7.31. The Morgan fingerprint density at radius 2 is 1.82 bits per heavy atom. The van der Waals surface area contributed by atoms with Crippen LogP contribution in [0.3, 0.4) is 0 Å². The fourth-order valence-corrected chi connectivity index (χ4v) is 5.68. The fourth-order valence-electron chi connectivity index (χ4n) is 4.33. The van der Waals surface area contributed by atoms with Gasteiger partial charge in [0.1, 0.15) is 0 Å². The van der Waals surface area contributed by atoms with Crippen molar-refractivity contribution in [3.63, 3.8) is 0 Å². The number of aliphatic imine (C=N–C) groups is 1. The maximum atomic E-state index is 12.2. The number of nitrogens with one attached hydrogen (secondary N) is 2. The first-order chi connectivity index (χ1) is 13.7. The third-order valence-electron chi connectivity index (χ3n) is 5.95.